The Labute approximate surface area is 207 Å². The normalized spacial score (nSPS) is 29.6. The fourth-order valence-electron chi connectivity index (χ4n) is 6.21. The van der Waals surface area contributed by atoms with Crippen LogP contribution in [0, 0.1) is 35.5 Å². The minimum absolute atomic E-state index is 0.00259. The van der Waals surface area contributed by atoms with Crippen LogP contribution in [-0.2, 0) is 9.59 Å². The smallest absolute Gasteiger partial charge is 0.274 e. The first-order valence-corrected chi connectivity index (χ1v) is 12.1. The van der Waals surface area contributed by atoms with Gasteiger partial charge in [0.25, 0.3) is 17.7 Å². The van der Waals surface area contributed by atoms with E-state index in [9.17, 15) is 19.2 Å². The number of ketones is 1. The molecule has 7 nitrogen and oxygen atoms in total. The molecule has 2 aromatic carbocycles. The number of imide groups is 1. The molecule has 35 heavy (non-hydrogen) atoms. The van der Waals surface area contributed by atoms with E-state index in [-0.39, 0.29) is 22.4 Å². The molecule has 0 N–H and O–H groups in total. The third-order valence-corrected chi connectivity index (χ3v) is 8.23. The lowest BCUT2D eigenvalue weighted by Crippen LogP contribution is -2.52. The molecular weight excluding hydrogens is 468 g/mol. The molecule has 6 atom stereocenters. The monoisotopic (exact) mass is 490 g/mol. The van der Waals surface area contributed by atoms with Gasteiger partial charge in [-0.3, -0.25) is 19.2 Å². The molecule has 7 rings (SSSR count). The van der Waals surface area contributed by atoms with Crippen LogP contribution in [0.3, 0.4) is 0 Å². The first kappa shape index (κ1) is 22.0. The maximum Gasteiger partial charge on any atom is 0.274 e. The lowest BCUT2D eigenvalue weighted by atomic mass is 9.63. The average Bonchev–Trinajstić information content (AvgIpc) is 3.66. The summed E-state index contributed by atoms with van der Waals surface area (Å²) in [6, 6.07) is 12.9. The number of Topliss-reactive ketones (excluding diaryl/α,β-unsaturated/α-hetero) is 1. The zero-order valence-corrected chi connectivity index (χ0v) is 19.7. The van der Waals surface area contributed by atoms with Gasteiger partial charge < -0.3 is 4.74 Å². The summed E-state index contributed by atoms with van der Waals surface area (Å²) in [6.07, 6.45) is 5.17. The van der Waals surface area contributed by atoms with E-state index in [1.165, 1.54) is 13.2 Å². The zero-order valence-electron chi connectivity index (χ0n) is 19.0. The molecule has 4 aliphatic carbocycles. The van der Waals surface area contributed by atoms with Gasteiger partial charge in [0.15, 0.2) is 5.78 Å². The molecule has 178 valence electrons. The van der Waals surface area contributed by atoms with E-state index >= 15 is 0 Å². The number of nitrogens with zero attached hydrogens (tertiary/aromatic N) is 2. The van der Waals surface area contributed by atoms with Crippen molar-refractivity contribution < 1.29 is 23.9 Å². The summed E-state index contributed by atoms with van der Waals surface area (Å²) in [5, 5.41) is 2.09. The number of carbonyl (C=O) groups excluding carboxylic acids is 4. The number of carbonyl (C=O) groups is 4. The Morgan fingerprint density at radius 3 is 2.29 bits per heavy atom. The molecule has 0 spiro atoms. The van der Waals surface area contributed by atoms with Crippen LogP contribution in [0.1, 0.15) is 27.1 Å². The highest BCUT2D eigenvalue weighted by atomic mass is 35.5. The summed E-state index contributed by atoms with van der Waals surface area (Å²) < 4.78 is 5.21. The molecule has 1 aliphatic heterocycles. The van der Waals surface area contributed by atoms with Crippen molar-refractivity contribution in [2.24, 2.45) is 35.5 Å². The Bertz CT molecular complexity index is 1270. The molecule has 2 bridgehead atoms. The van der Waals surface area contributed by atoms with Crippen LogP contribution >= 0.6 is 11.6 Å². The van der Waals surface area contributed by atoms with Gasteiger partial charge in [-0.2, -0.15) is 5.01 Å². The SMILES string of the molecule is COc1cccc(C(=O)CN(C(=O)c2ccccc2Cl)N2C(=O)[C@@H]3[C@H]4C=C[C@@H]([C@@H]5C[C@@H]45)[C@H]3C2=O)c1. The van der Waals surface area contributed by atoms with Crippen LogP contribution in [-0.4, -0.2) is 47.2 Å². The summed E-state index contributed by atoms with van der Waals surface area (Å²) in [4.78, 5) is 54.4. The second-order valence-corrected chi connectivity index (χ2v) is 10.0. The van der Waals surface area contributed by atoms with Gasteiger partial charge >= 0.3 is 0 Å². The van der Waals surface area contributed by atoms with Gasteiger partial charge in [0.05, 0.1) is 29.5 Å². The van der Waals surface area contributed by atoms with Crippen molar-refractivity contribution in [1.82, 2.24) is 10.0 Å². The number of methoxy groups -OCH3 is 1. The van der Waals surface area contributed by atoms with E-state index in [0.29, 0.717) is 23.1 Å². The van der Waals surface area contributed by atoms with Gasteiger partial charge in [0, 0.05) is 5.56 Å². The molecule has 5 aliphatic rings. The van der Waals surface area contributed by atoms with Crippen molar-refractivity contribution in [2.75, 3.05) is 13.7 Å². The molecule has 2 aromatic rings. The van der Waals surface area contributed by atoms with Crippen LogP contribution in [0.2, 0.25) is 5.02 Å². The molecule has 8 heteroatoms. The molecular formula is C27H23ClN2O5. The quantitative estimate of drug-likeness (QED) is 0.350. The van der Waals surface area contributed by atoms with Gasteiger partial charge in [-0.15, -0.1) is 0 Å². The highest BCUT2D eigenvalue weighted by Crippen LogP contribution is 2.65. The van der Waals surface area contributed by atoms with E-state index in [1.807, 2.05) is 0 Å². The van der Waals surface area contributed by atoms with Gasteiger partial charge in [-0.1, -0.05) is 48.0 Å². The second-order valence-electron chi connectivity index (χ2n) is 9.64. The second kappa shape index (κ2) is 8.05. The van der Waals surface area contributed by atoms with Crippen LogP contribution in [0.5, 0.6) is 5.75 Å². The molecule has 0 unspecified atom stereocenters. The predicted octanol–water partition coefficient (Wildman–Crippen LogP) is 3.64. The largest absolute Gasteiger partial charge is 0.497 e. The number of hydrazine groups is 1. The maximum atomic E-state index is 13.7. The van der Waals surface area contributed by atoms with Gasteiger partial charge in [0.1, 0.15) is 12.3 Å². The molecule has 1 saturated heterocycles. The molecule has 0 radical (unpaired) electrons. The number of hydrogen-bond donors (Lipinski definition) is 0. The minimum Gasteiger partial charge on any atom is -0.497 e. The topological polar surface area (TPSA) is 84.0 Å². The van der Waals surface area contributed by atoms with E-state index in [4.69, 9.17) is 16.3 Å². The zero-order chi connectivity index (χ0) is 24.4. The van der Waals surface area contributed by atoms with Gasteiger partial charge in [0.2, 0.25) is 0 Å². The number of hydrogen-bond acceptors (Lipinski definition) is 5. The third kappa shape index (κ3) is 3.32. The first-order chi connectivity index (χ1) is 16.9. The van der Waals surface area contributed by atoms with Crippen molar-refractivity contribution in [3.63, 3.8) is 0 Å². The average molecular weight is 491 g/mol. The molecule has 2 saturated carbocycles. The predicted molar refractivity (Wildman–Crippen MR) is 126 cm³/mol. The van der Waals surface area contributed by atoms with Crippen LogP contribution < -0.4 is 4.74 Å². The Balaban J connectivity index is 1.37. The van der Waals surface area contributed by atoms with Gasteiger partial charge in [-0.05, 0) is 54.4 Å². The maximum absolute atomic E-state index is 13.7. The van der Waals surface area contributed by atoms with Crippen molar-refractivity contribution in [3.8, 4) is 5.75 Å². The van der Waals surface area contributed by atoms with Gasteiger partial charge in [-0.25, -0.2) is 5.01 Å². The van der Waals surface area contributed by atoms with E-state index in [1.54, 1.807) is 42.5 Å². The minimum atomic E-state index is -0.669. The third-order valence-electron chi connectivity index (χ3n) is 7.90. The molecule has 0 aromatic heterocycles. The van der Waals surface area contributed by atoms with Crippen molar-refractivity contribution >= 4 is 35.1 Å². The Hall–Kier alpha value is -3.45. The lowest BCUT2D eigenvalue weighted by molar-refractivity contribution is -0.154. The van der Waals surface area contributed by atoms with Crippen molar-refractivity contribution in [3.05, 3.63) is 76.8 Å². The van der Waals surface area contributed by atoms with E-state index in [0.717, 1.165) is 16.4 Å². The molecule has 3 amide bonds. The van der Waals surface area contributed by atoms with Crippen LogP contribution in [0.4, 0.5) is 0 Å². The number of halogens is 1. The number of benzene rings is 2. The number of ether oxygens (including phenoxy) is 1. The van der Waals surface area contributed by atoms with E-state index < -0.39 is 41.9 Å². The molecule has 1 heterocycles. The highest BCUT2D eigenvalue weighted by Gasteiger charge is 2.68. The summed E-state index contributed by atoms with van der Waals surface area (Å²) in [5.41, 5.74) is 0.424. The number of rotatable bonds is 6. The van der Waals surface area contributed by atoms with Crippen molar-refractivity contribution in [2.45, 2.75) is 6.42 Å². The van der Waals surface area contributed by atoms with Crippen LogP contribution in [0.15, 0.2) is 60.7 Å². The van der Waals surface area contributed by atoms with E-state index in [2.05, 4.69) is 12.2 Å². The highest BCUT2D eigenvalue weighted by molar-refractivity contribution is 6.34. The Kier molecular flexibility index (Phi) is 5.07. The summed E-state index contributed by atoms with van der Waals surface area (Å²) in [7, 11) is 1.49. The standard InChI is InChI=1S/C27H23ClN2O5/c1-35-15-6-4-5-14(11-15)22(31)13-29(25(32)18-7-2-3-8-21(18)28)30-26(33)23-16-9-10-17(20-12-19(16)20)24(23)27(30)34/h2-11,16-17,19-20,23-24H,12-13H2,1H3/t16-,17-,19-,20-,23+,24+/m0/s1. The molecule has 3 fully saturated rings. The Morgan fingerprint density at radius 1 is 1.00 bits per heavy atom. The summed E-state index contributed by atoms with van der Waals surface area (Å²) in [6.45, 7) is -0.482. The Morgan fingerprint density at radius 2 is 1.66 bits per heavy atom. The number of amides is 3. The van der Waals surface area contributed by atoms with Crippen molar-refractivity contribution in [1.29, 1.82) is 0 Å². The number of allylic oxidation sites excluding steroid dienone is 2. The fraction of sp³-hybridized carbons (Fsp3) is 0.333. The lowest BCUT2D eigenvalue weighted by Gasteiger charge is -2.37. The first-order valence-electron chi connectivity index (χ1n) is 11.7. The van der Waals surface area contributed by atoms with Crippen LogP contribution in [0.25, 0.3) is 0 Å². The summed E-state index contributed by atoms with van der Waals surface area (Å²) in [5.74, 6) is -1.56. The summed E-state index contributed by atoms with van der Waals surface area (Å²) >= 11 is 6.29. The fourth-order valence-corrected chi connectivity index (χ4v) is 6.43.